The van der Waals surface area contributed by atoms with Gasteiger partial charge in [-0.05, 0) is 38.1 Å². The number of morpholine rings is 1. The fourth-order valence-corrected chi connectivity index (χ4v) is 3.01. The van der Waals surface area contributed by atoms with Gasteiger partial charge in [0.25, 0.3) is 0 Å². The highest BCUT2D eigenvalue weighted by atomic mass is 35.5. The van der Waals surface area contributed by atoms with Gasteiger partial charge in [0.1, 0.15) is 12.6 Å². The van der Waals surface area contributed by atoms with Gasteiger partial charge in [-0.1, -0.05) is 0 Å². The molecule has 7 nitrogen and oxygen atoms in total. The van der Waals surface area contributed by atoms with Gasteiger partial charge in [-0.25, -0.2) is 0 Å². The van der Waals surface area contributed by atoms with E-state index in [9.17, 15) is 9.59 Å². The van der Waals surface area contributed by atoms with Crippen molar-refractivity contribution >= 4 is 40.9 Å². The number of hydrogen-bond acceptors (Lipinski definition) is 5. The molecule has 1 aliphatic rings. The van der Waals surface area contributed by atoms with E-state index in [4.69, 9.17) is 9.47 Å². The maximum Gasteiger partial charge on any atom is 0.325 e. The molecule has 1 saturated heterocycles. The topological polar surface area (TPSA) is 81.6 Å². The summed E-state index contributed by atoms with van der Waals surface area (Å²) in [5.74, 6) is -0.382. The number of aromatic nitrogens is 1. The molecule has 26 heavy (non-hydrogen) atoms. The van der Waals surface area contributed by atoms with E-state index in [0.29, 0.717) is 25.4 Å². The number of carbonyl (C=O) groups excluding carboxylic acids is 2. The van der Waals surface area contributed by atoms with Gasteiger partial charge < -0.3 is 24.7 Å². The van der Waals surface area contributed by atoms with Gasteiger partial charge in [0.05, 0.1) is 19.3 Å². The van der Waals surface area contributed by atoms with Crippen molar-refractivity contribution in [2.75, 3.05) is 25.1 Å². The minimum Gasteiger partial charge on any atom is -0.465 e. The zero-order valence-electron chi connectivity index (χ0n) is 14.9. The Morgan fingerprint density at radius 1 is 1.38 bits per heavy atom. The van der Waals surface area contributed by atoms with E-state index in [1.807, 2.05) is 42.0 Å². The number of nitrogens with one attached hydrogen (secondary N) is 2. The molecule has 0 radical (unpaired) electrons. The Kier molecular flexibility index (Phi) is 7.02. The van der Waals surface area contributed by atoms with Gasteiger partial charge >= 0.3 is 5.97 Å². The maximum atomic E-state index is 12.4. The van der Waals surface area contributed by atoms with Gasteiger partial charge in [0, 0.05) is 29.3 Å². The van der Waals surface area contributed by atoms with Gasteiger partial charge in [-0.2, -0.15) is 0 Å². The minimum absolute atomic E-state index is 0. The average Bonchev–Trinajstić information content (AvgIpc) is 2.97. The molecular weight excluding hydrogens is 358 g/mol. The zero-order chi connectivity index (χ0) is 17.8. The zero-order valence-corrected chi connectivity index (χ0v) is 15.7. The molecule has 1 amide bonds. The lowest BCUT2D eigenvalue weighted by molar-refractivity contribution is -0.143. The van der Waals surface area contributed by atoms with Crippen LogP contribution in [0.2, 0.25) is 0 Å². The Bertz CT molecular complexity index is 777. The molecule has 1 aliphatic heterocycles. The Labute approximate surface area is 158 Å². The van der Waals surface area contributed by atoms with E-state index in [1.54, 1.807) is 6.92 Å². The molecule has 2 aromatic rings. The SMILES string of the molecule is CCOC(=O)Cn1ccc2cc(NC(=O)[C@H]3NCCO[C@@H]3C)ccc21.Cl. The van der Waals surface area contributed by atoms with Crippen LogP contribution in [-0.4, -0.2) is 48.3 Å². The summed E-state index contributed by atoms with van der Waals surface area (Å²) in [6, 6.07) is 7.16. The molecule has 8 heteroatoms. The van der Waals surface area contributed by atoms with Crippen molar-refractivity contribution in [1.82, 2.24) is 9.88 Å². The molecule has 0 spiro atoms. The predicted molar refractivity (Wildman–Crippen MR) is 102 cm³/mol. The lowest BCUT2D eigenvalue weighted by atomic mass is 10.1. The van der Waals surface area contributed by atoms with Crippen molar-refractivity contribution in [1.29, 1.82) is 0 Å². The van der Waals surface area contributed by atoms with Crippen LogP contribution in [-0.2, 0) is 25.6 Å². The number of hydrogen-bond donors (Lipinski definition) is 2. The quantitative estimate of drug-likeness (QED) is 0.773. The number of halogens is 1. The molecule has 1 aromatic carbocycles. The lowest BCUT2D eigenvalue weighted by Crippen LogP contribution is -2.53. The number of rotatable bonds is 5. The van der Waals surface area contributed by atoms with Crippen molar-refractivity contribution in [3.63, 3.8) is 0 Å². The number of anilines is 1. The second kappa shape index (κ2) is 9.02. The third-order valence-electron chi connectivity index (χ3n) is 4.24. The van der Waals surface area contributed by atoms with E-state index >= 15 is 0 Å². The van der Waals surface area contributed by atoms with E-state index in [2.05, 4.69) is 10.6 Å². The monoisotopic (exact) mass is 381 g/mol. The Morgan fingerprint density at radius 3 is 2.92 bits per heavy atom. The summed E-state index contributed by atoms with van der Waals surface area (Å²) in [7, 11) is 0. The van der Waals surface area contributed by atoms with Crippen molar-refractivity contribution in [2.45, 2.75) is 32.5 Å². The first-order valence-electron chi connectivity index (χ1n) is 8.49. The summed E-state index contributed by atoms with van der Waals surface area (Å²) in [4.78, 5) is 24.1. The molecule has 0 saturated carbocycles. The van der Waals surface area contributed by atoms with Crippen LogP contribution in [0.4, 0.5) is 5.69 Å². The molecule has 142 valence electrons. The first kappa shape index (κ1) is 20.2. The summed E-state index contributed by atoms with van der Waals surface area (Å²) < 4.78 is 12.3. The number of amides is 1. The molecule has 2 heterocycles. The average molecular weight is 382 g/mol. The number of benzene rings is 1. The molecule has 3 rings (SSSR count). The summed E-state index contributed by atoms with van der Waals surface area (Å²) in [6.07, 6.45) is 1.68. The number of esters is 1. The van der Waals surface area contributed by atoms with E-state index in [-0.39, 0.29) is 43.0 Å². The van der Waals surface area contributed by atoms with E-state index in [1.165, 1.54) is 0 Å². The maximum absolute atomic E-state index is 12.4. The van der Waals surface area contributed by atoms with Crippen LogP contribution in [0.15, 0.2) is 30.5 Å². The van der Waals surface area contributed by atoms with E-state index < -0.39 is 0 Å². The van der Waals surface area contributed by atoms with Gasteiger partial charge in [0.2, 0.25) is 5.91 Å². The highest BCUT2D eigenvalue weighted by molar-refractivity contribution is 5.97. The van der Waals surface area contributed by atoms with Gasteiger partial charge in [0.15, 0.2) is 0 Å². The molecule has 2 atom stereocenters. The fraction of sp³-hybridized carbons (Fsp3) is 0.444. The number of fused-ring (bicyclic) bond motifs is 1. The predicted octanol–water partition coefficient (Wildman–Crippen LogP) is 1.94. The number of carbonyl (C=O) groups is 2. The normalized spacial score (nSPS) is 19.6. The van der Waals surface area contributed by atoms with Crippen LogP contribution in [0.25, 0.3) is 10.9 Å². The Morgan fingerprint density at radius 2 is 2.19 bits per heavy atom. The van der Waals surface area contributed by atoms with Crippen molar-refractivity contribution < 1.29 is 19.1 Å². The van der Waals surface area contributed by atoms with Crippen molar-refractivity contribution in [2.24, 2.45) is 0 Å². The first-order valence-corrected chi connectivity index (χ1v) is 8.49. The Balaban J connectivity index is 0.00000243. The molecule has 1 aromatic heterocycles. The van der Waals surface area contributed by atoms with Crippen molar-refractivity contribution in [3.8, 4) is 0 Å². The number of nitrogens with zero attached hydrogens (tertiary/aromatic N) is 1. The fourth-order valence-electron chi connectivity index (χ4n) is 3.01. The molecule has 2 N–H and O–H groups in total. The van der Waals surface area contributed by atoms with Crippen LogP contribution in [0, 0.1) is 0 Å². The molecule has 1 fully saturated rings. The molecule has 0 aliphatic carbocycles. The second-order valence-corrected chi connectivity index (χ2v) is 6.02. The van der Waals surface area contributed by atoms with Gasteiger partial charge in [-0.15, -0.1) is 12.4 Å². The molecular formula is C18H24ClN3O4. The molecule has 0 unspecified atom stereocenters. The van der Waals surface area contributed by atoms with Gasteiger partial charge in [-0.3, -0.25) is 9.59 Å². The number of ether oxygens (including phenoxy) is 2. The lowest BCUT2D eigenvalue weighted by Gasteiger charge is -2.29. The third-order valence-corrected chi connectivity index (χ3v) is 4.24. The minimum atomic E-state index is -0.363. The van der Waals surface area contributed by atoms with E-state index in [0.717, 1.165) is 10.9 Å². The summed E-state index contributed by atoms with van der Waals surface area (Å²) in [5, 5.41) is 7.04. The first-order chi connectivity index (χ1) is 12.1. The second-order valence-electron chi connectivity index (χ2n) is 6.02. The standard InChI is InChI=1S/C18H23N3O4.ClH/c1-3-24-16(22)11-21-8-6-13-10-14(4-5-15(13)21)20-18(23)17-12(2)25-9-7-19-17;/h4-6,8,10,12,17,19H,3,7,9,11H2,1-2H3,(H,20,23);1H/t12-,17+;/m1./s1. The van der Waals surface area contributed by atoms with Crippen LogP contribution in [0.1, 0.15) is 13.8 Å². The Hall–Kier alpha value is -2.09. The van der Waals surface area contributed by atoms with Crippen molar-refractivity contribution in [3.05, 3.63) is 30.5 Å². The summed E-state index contributed by atoms with van der Waals surface area (Å²) in [6.45, 7) is 5.49. The van der Waals surface area contributed by atoms with Crippen LogP contribution >= 0.6 is 12.4 Å². The summed E-state index contributed by atoms with van der Waals surface area (Å²) >= 11 is 0. The largest absolute Gasteiger partial charge is 0.465 e. The highest BCUT2D eigenvalue weighted by Gasteiger charge is 2.28. The van der Waals surface area contributed by atoms with Crippen LogP contribution in [0.3, 0.4) is 0 Å². The molecule has 0 bridgehead atoms. The summed E-state index contributed by atoms with van der Waals surface area (Å²) in [5.41, 5.74) is 1.63. The smallest absolute Gasteiger partial charge is 0.325 e. The third kappa shape index (κ3) is 4.55. The highest BCUT2D eigenvalue weighted by Crippen LogP contribution is 2.21. The van der Waals surface area contributed by atoms with Crippen LogP contribution < -0.4 is 10.6 Å². The van der Waals surface area contributed by atoms with Crippen LogP contribution in [0.5, 0.6) is 0 Å².